The van der Waals surface area contributed by atoms with Crippen LogP contribution in [0.15, 0.2) is 104 Å². The minimum absolute atomic E-state index is 0.0279. The fourth-order valence-corrected chi connectivity index (χ4v) is 9.67. The lowest BCUT2D eigenvalue weighted by atomic mass is 9.81. The number of allylic oxidation sites excluding steroid dienone is 2. The van der Waals surface area contributed by atoms with E-state index in [1.54, 1.807) is 36.5 Å². The zero-order valence-electron chi connectivity index (χ0n) is 47.9. The number of nitrogens with zero attached hydrogens (tertiary/aromatic N) is 2. The number of para-hydroxylation sites is 1. The Morgan fingerprint density at radius 1 is 0.819 bits per heavy atom. The zero-order chi connectivity index (χ0) is 60.7. The topological polar surface area (TPSA) is 366 Å². The Morgan fingerprint density at radius 3 is 2.19 bits per heavy atom. The van der Waals surface area contributed by atoms with Gasteiger partial charge in [0.25, 0.3) is 0 Å². The molecule has 4 aromatic rings. The summed E-state index contributed by atoms with van der Waals surface area (Å²) in [5.74, 6) is -9.17. The number of H-pyrrole nitrogens is 2. The van der Waals surface area contributed by atoms with Crippen LogP contribution in [0.3, 0.4) is 0 Å². The van der Waals surface area contributed by atoms with E-state index in [1.165, 1.54) is 19.4 Å². The van der Waals surface area contributed by atoms with Crippen LogP contribution in [0.1, 0.15) is 127 Å². The molecule has 22 heteroatoms. The lowest BCUT2D eigenvalue weighted by Gasteiger charge is -2.27. The Balaban J connectivity index is 0.00000233. The fraction of sp³-hybridized carbons (Fsp3) is 0.475. The number of imidazole rings is 1. The van der Waals surface area contributed by atoms with Crippen LogP contribution in [0.2, 0.25) is 0 Å². The van der Waals surface area contributed by atoms with Gasteiger partial charge in [-0.15, -0.1) is 13.2 Å². The van der Waals surface area contributed by atoms with E-state index in [-0.39, 0.29) is 103 Å². The summed E-state index contributed by atoms with van der Waals surface area (Å²) in [7, 11) is 0. The molecule has 7 atom stereocenters. The van der Waals surface area contributed by atoms with Gasteiger partial charge in [0.15, 0.2) is 11.7 Å². The number of benzene rings is 2. The Morgan fingerprint density at radius 2 is 1.53 bits per heavy atom. The lowest BCUT2D eigenvalue weighted by Crippen LogP contribution is -2.58. The van der Waals surface area contributed by atoms with E-state index < -0.39 is 107 Å². The van der Waals surface area contributed by atoms with Crippen LogP contribution in [0.5, 0.6) is 0 Å². The summed E-state index contributed by atoms with van der Waals surface area (Å²) in [6.07, 6.45) is 10.1. The van der Waals surface area contributed by atoms with Crippen LogP contribution in [0, 0.1) is 17.8 Å². The third-order valence-electron chi connectivity index (χ3n) is 14.3. The average molecular weight is 1150 g/mol. The van der Waals surface area contributed by atoms with Crippen molar-refractivity contribution in [2.24, 2.45) is 39.9 Å². The number of guanidine groups is 1. The van der Waals surface area contributed by atoms with Gasteiger partial charge < -0.3 is 53.8 Å². The number of aromatic amines is 2. The number of nitrogens with two attached hydrogens (primary N) is 3. The third kappa shape index (κ3) is 24.2. The van der Waals surface area contributed by atoms with Gasteiger partial charge in [0, 0.05) is 112 Å². The number of ketones is 4. The molecule has 448 valence electrons. The third-order valence-corrected chi connectivity index (χ3v) is 14.3. The van der Waals surface area contributed by atoms with Crippen LogP contribution in [0.4, 0.5) is 0 Å². The molecule has 5 rings (SSSR count). The number of amides is 6. The molecule has 0 radical (unpaired) electrons. The second-order valence-electron chi connectivity index (χ2n) is 20.9. The predicted octanol–water partition coefficient (Wildman–Crippen LogP) is 4.12. The molecule has 1 aliphatic rings. The Bertz CT molecular complexity index is 2840. The first-order valence-electron chi connectivity index (χ1n) is 28.5. The smallest absolute Gasteiger partial charge is 0.243 e. The van der Waals surface area contributed by atoms with Gasteiger partial charge in [-0.05, 0) is 75.0 Å². The molecule has 1 saturated heterocycles. The highest BCUT2D eigenvalue weighted by Crippen LogP contribution is 2.27. The Labute approximate surface area is 485 Å². The highest BCUT2D eigenvalue weighted by atomic mass is 16.2. The van der Waals surface area contributed by atoms with Crippen LogP contribution >= 0.6 is 0 Å². The maximum Gasteiger partial charge on any atom is 0.243 e. The summed E-state index contributed by atoms with van der Waals surface area (Å²) >= 11 is 0. The largest absolute Gasteiger partial charge is 0.370 e. The van der Waals surface area contributed by atoms with Gasteiger partial charge in [-0.1, -0.05) is 80.4 Å². The van der Waals surface area contributed by atoms with Crippen molar-refractivity contribution in [1.29, 1.82) is 0 Å². The molecule has 2 aromatic heterocycles. The van der Waals surface area contributed by atoms with Crippen LogP contribution in [0.25, 0.3) is 10.9 Å². The number of unbranched alkanes of at least 4 members (excludes halogenated alkanes) is 2. The number of carbonyl (C=O) groups excluding carboxylic acids is 10. The quantitative estimate of drug-likeness (QED) is 0.0217. The predicted molar refractivity (Wildman–Crippen MR) is 317 cm³/mol. The molecule has 83 heavy (non-hydrogen) atoms. The number of hydrogen-bond acceptors (Lipinski definition) is 12. The SMILES string of the molecule is C=CCCC=C.CCCC[C@H](NC(C)=O)C(=O)N[C@H]1CCC(=O)CCC(=O)NCC[C@@H](C(=O)C[C@@H](Cc2c[nH]c3ccccc23)C(N)=O)CC(=O)[C@H](CCCN=C(N)N)CC(=O)[C@@H](Cc2ccccc2)NC(=O)[C@H](Cc2cnc[nH]2)NC1=O. The van der Waals surface area contributed by atoms with Crippen molar-refractivity contribution < 1.29 is 47.9 Å². The van der Waals surface area contributed by atoms with Crippen LogP contribution in [-0.2, 0) is 67.2 Å². The monoisotopic (exact) mass is 1140 g/mol. The number of aromatic nitrogens is 3. The first-order valence-corrected chi connectivity index (χ1v) is 28.5. The molecule has 0 unspecified atom stereocenters. The molecule has 0 bridgehead atoms. The van der Waals surface area contributed by atoms with Gasteiger partial charge in [0.2, 0.25) is 35.4 Å². The van der Waals surface area contributed by atoms with Crippen LogP contribution in [-0.4, -0.2) is 117 Å². The summed E-state index contributed by atoms with van der Waals surface area (Å²) in [4.78, 5) is 153. The lowest BCUT2D eigenvalue weighted by molar-refractivity contribution is -0.135. The molecule has 3 heterocycles. The summed E-state index contributed by atoms with van der Waals surface area (Å²) in [6, 6.07) is 11.2. The zero-order valence-corrected chi connectivity index (χ0v) is 47.9. The molecule has 2 aromatic carbocycles. The van der Waals surface area contributed by atoms with E-state index >= 15 is 0 Å². The molecule has 0 aliphatic carbocycles. The van der Waals surface area contributed by atoms with E-state index in [1.807, 2.05) is 43.3 Å². The molecular formula is C61H84N12O10. The number of hydrogen-bond donors (Lipinski definition) is 10. The van der Waals surface area contributed by atoms with E-state index in [0.29, 0.717) is 24.1 Å². The van der Waals surface area contributed by atoms with Gasteiger partial charge in [0.05, 0.1) is 12.4 Å². The first-order chi connectivity index (χ1) is 39.8. The maximum absolute atomic E-state index is 14.8. The van der Waals surface area contributed by atoms with Crippen molar-refractivity contribution >= 4 is 75.4 Å². The van der Waals surface area contributed by atoms with E-state index in [4.69, 9.17) is 17.2 Å². The van der Waals surface area contributed by atoms with Gasteiger partial charge in [-0.3, -0.25) is 52.9 Å². The Kier molecular flexibility index (Phi) is 29.1. The van der Waals surface area contributed by atoms with Gasteiger partial charge in [-0.25, -0.2) is 4.98 Å². The molecule has 13 N–H and O–H groups in total. The van der Waals surface area contributed by atoms with Crippen molar-refractivity contribution in [3.8, 4) is 0 Å². The first kappa shape index (κ1) is 66.9. The van der Waals surface area contributed by atoms with Gasteiger partial charge in [-0.2, -0.15) is 0 Å². The van der Waals surface area contributed by atoms with Crippen molar-refractivity contribution in [2.75, 3.05) is 13.1 Å². The number of rotatable bonds is 23. The van der Waals surface area contributed by atoms with Gasteiger partial charge >= 0.3 is 0 Å². The molecule has 1 fully saturated rings. The van der Waals surface area contributed by atoms with Crippen molar-refractivity contribution in [3.63, 3.8) is 0 Å². The number of aliphatic imine (C=N–C) groups is 1. The normalized spacial score (nSPS) is 19.6. The molecule has 6 amide bonds. The van der Waals surface area contributed by atoms with Crippen molar-refractivity contribution in [1.82, 2.24) is 41.5 Å². The summed E-state index contributed by atoms with van der Waals surface area (Å²) in [5.41, 5.74) is 19.8. The van der Waals surface area contributed by atoms with Gasteiger partial charge in [0.1, 0.15) is 35.5 Å². The molecule has 0 saturated carbocycles. The summed E-state index contributed by atoms with van der Waals surface area (Å²) in [6.45, 7) is 10.3. The minimum Gasteiger partial charge on any atom is -0.370 e. The van der Waals surface area contributed by atoms with Crippen LogP contribution < -0.4 is 43.8 Å². The minimum atomic E-state index is -1.41. The van der Waals surface area contributed by atoms with E-state index in [2.05, 4.69) is 59.7 Å². The molecule has 22 nitrogen and oxygen atoms in total. The van der Waals surface area contributed by atoms with E-state index in [9.17, 15) is 47.9 Å². The number of Topliss-reactive ketones (excluding diaryl/α,β-unsaturated/α-hetero) is 4. The Hall–Kier alpha value is -8.56. The standard InChI is InChI=1S/C55H74N12O10.C6H10/c1-3-4-15-43(64-33(2)68)52(75)65-44-19-17-40(69)18-20-50(73)60-23-21-36(48(71)28-37(51(56)74)25-38-30-62-42-16-9-8-14-41(38)42)26-47(70)35(13-10-22-61-55(57)58)27-49(72)45(24-34-11-6-5-7-12-34)66-54(77)46(67-53(44)76)29-39-31-59-32-63-39;1-3-5-6-4-2/h5-9,11-12,14,16,30-32,35-37,43-46,62H,3-4,10,13,15,17-29H2,1-2H3,(H2,56,74)(H,59,63)(H,60,73)(H,64,68)(H,65,75)(H,66,77)(H,67,76)(H4,57,58,61);3-4H,1-2,5-6H2/t35-,36-,37-,43+,44+,45-,46+;/m1./s1. The highest BCUT2D eigenvalue weighted by molar-refractivity contribution is 5.98. The number of fused-ring (bicyclic) bond motifs is 1. The number of nitrogens with one attached hydrogen (secondary N) is 7. The maximum atomic E-state index is 14.8. The molecule has 0 spiro atoms. The second kappa shape index (κ2) is 36.0. The average Bonchev–Trinajstić information content (AvgIpc) is 4.38. The molecular weight excluding hydrogens is 1060 g/mol. The molecule has 1 aliphatic heterocycles. The highest BCUT2D eigenvalue weighted by Gasteiger charge is 2.35. The number of primary amides is 1. The fourth-order valence-electron chi connectivity index (χ4n) is 9.67. The summed E-state index contributed by atoms with van der Waals surface area (Å²) < 4.78 is 0. The number of carbonyl (C=O) groups is 10. The van der Waals surface area contributed by atoms with E-state index in [0.717, 1.165) is 29.3 Å². The second-order valence-corrected chi connectivity index (χ2v) is 20.9. The van der Waals surface area contributed by atoms with Crippen molar-refractivity contribution in [2.45, 2.75) is 154 Å². The van der Waals surface area contributed by atoms with Crippen molar-refractivity contribution in [3.05, 3.63) is 115 Å². The summed E-state index contributed by atoms with van der Waals surface area (Å²) in [5, 5.41) is 14.4.